The van der Waals surface area contributed by atoms with Crippen molar-refractivity contribution in [3.63, 3.8) is 0 Å². The molecule has 0 heterocycles. The molecule has 0 spiro atoms. The van der Waals surface area contributed by atoms with Gasteiger partial charge in [-0.3, -0.25) is 0 Å². The largest absolute Gasteiger partial charge is 0.444 e. The lowest BCUT2D eigenvalue weighted by Crippen LogP contribution is -2.32. The van der Waals surface area contributed by atoms with Crippen LogP contribution in [0.3, 0.4) is 0 Å². The number of rotatable bonds is 4. The number of amides is 1. The fourth-order valence-electron chi connectivity index (χ4n) is 2.12. The fourth-order valence-corrected chi connectivity index (χ4v) is 2.24. The molecule has 0 saturated carbocycles. The molecule has 1 N–H and O–H groups in total. The number of hydrogen-bond acceptors (Lipinski definition) is 2. The predicted octanol–water partition coefficient (Wildman–Crippen LogP) is 5.54. The number of halogens is 1. The van der Waals surface area contributed by atoms with Crippen molar-refractivity contribution < 1.29 is 9.53 Å². The summed E-state index contributed by atoms with van der Waals surface area (Å²) in [5.74, 6) is 0. The van der Waals surface area contributed by atoms with Crippen molar-refractivity contribution in [2.75, 3.05) is 6.54 Å². The summed E-state index contributed by atoms with van der Waals surface area (Å²) in [5.41, 5.74) is 2.81. The Kier molecular flexibility index (Phi) is 6.04. The Bertz CT molecular complexity index is 715. The van der Waals surface area contributed by atoms with E-state index in [1.165, 1.54) is 0 Å². The van der Waals surface area contributed by atoms with E-state index in [1.807, 2.05) is 69.3 Å². The van der Waals surface area contributed by atoms with Crippen LogP contribution in [0.2, 0.25) is 5.02 Å². The van der Waals surface area contributed by atoms with E-state index in [0.717, 1.165) is 21.7 Å². The van der Waals surface area contributed by atoms with Crippen molar-refractivity contribution in [2.45, 2.75) is 26.4 Å². The second-order valence-electron chi connectivity index (χ2n) is 6.42. The first-order valence-electron chi connectivity index (χ1n) is 7.83. The minimum Gasteiger partial charge on any atom is -0.444 e. The van der Waals surface area contributed by atoms with Crippen LogP contribution < -0.4 is 5.32 Å². The van der Waals surface area contributed by atoms with E-state index in [9.17, 15) is 4.79 Å². The zero-order valence-corrected chi connectivity index (χ0v) is 14.9. The SMILES string of the molecule is CC(C)(C)OC(=O)NCC=Cc1cccc(-c2ccc(Cl)cc2)c1. The highest BCUT2D eigenvalue weighted by molar-refractivity contribution is 6.30. The van der Waals surface area contributed by atoms with E-state index < -0.39 is 11.7 Å². The molecule has 0 saturated heterocycles. The van der Waals surface area contributed by atoms with Crippen molar-refractivity contribution in [3.8, 4) is 11.1 Å². The highest BCUT2D eigenvalue weighted by Gasteiger charge is 2.14. The Labute approximate surface area is 148 Å². The van der Waals surface area contributed by atoms with Gasteiger partial charge in [-0.05, 0) is 55.7 Å². The maximum absolute atomic E-state index is 11.6. The monoisotopic (exact) mass is 343 g/mol. The summed E-state index contributed by atoms with van der Waals surface area (Å²) in [6.45, 7) is 5.93. The van der Waals surface area contributed by atoms with Crippen molar-refractivity contribution in [3.05, 3.63) is 65.2 Å². The molecule has 0 unspecified atom stereocenters. The molecule has 126 valence electrons. The lowest BCUT2D eigenvalue weighted by molar-refractivity contribution is 0.0534. The normalized spacial score (nSPS) is 11.5. The third-order valence-corrected chi connectivity index (χ3v) is 3.39. The number of alkyl carbamates (subject to hydrolysis) is 1. The van der Waals surface area contributed by atoms with E-state index >= 15 is 0 Å². The number of ether oxygens (including phenoxy) is 1. The van der Waals surface area contributed by atoms with Gasteiger partial charge < -0.3 is 10.1 Å². The van der Waals surface area contributed by atoms with E-state index in [2.05, 4.69) is 17.4 Å². The molecule has 4 heteroatoms. The van der Waals surface area contributed by atoms with Crippen LogP contribution >= 0.6 is 11.6 Å². The van der Waals surface area contributed by atoms with Gasteiger partial charge in [-0.25, -0.2) is 4.79 Å². The number of carbonyl (C=O) groups is 1. The Morgan fingerprint density at radius 1 is 1.12 bits per heavy atom. The van der Waals surface area contributed by atoms with Gasteiger partial charge in [0.25, 0.3) is 0 Å². The van der Waals surface area contributed by atoms with Crippen LogP contribution in [0.1, 0.15) is 26.3 Å². The molecular weight excluding hydrogens is 322 g/mol. The van der Waals surface area contributed by atoms with Crippen LogP contribution in [0.15, 0.2) is 54.6 Å². The van der Waals surface area contributed by atoms with Gasteiger partial charge in [-0.15, -0.1) is 0 Å². The Morgan fingerprint density at radius 2 is 1.83 bits per heavy atom. The summed E-state index contributed by atoms with van der Waals surface area (Å²) in [5, 5.41) is 3.42. The van der Waals surface area contributed by atoms with Crippen molar-refractivity contribution >= 4 is 23.8 Å². The summed E-state index contributed by atoms with van der Waals surface area (Å²) in [7, 11) is 0. The zero-order valence-electron chi connectivity index (χ0n) is 14.2. The maximum Gasteiger partial charge on any atom is 0.407 e. The summed E-state index contributed by atoms with van der Waals surface area (Å²) in [6.07, 6.45) is 3.45. The van der Waals surface area contributed by atoms with Crippen LogP contribution in [0, 0.1) is 0 Å². The van der Waals surface area contributed by atoms with E-state index in [4.69, 9.17) is 16.3 Å². The van der Waals surface area contributed by atoms with Crippen LogP contribution in [0.25, 0.3) is 17.2 Å². The van der Waals surface area contributed by atoms with Gasteiger partial charge in [0.15, 0.2) is 0 Å². The average molecular weight is 344 g/mol. The van der Waals surface area contributed by atoms with Gasteiger partial charge in [0.1, 0.15) is 5.60 Å². The molecule has 0 aliphatic heterocycles. The summed E-state index contributed by atoms with van der Waals surface area (Å²) >= 11 is 5.92. The fraction of sp³-hybridized carbons (Fsp3) is 0.250. The predicted molar refractivity (Wildman–Crippen MR) is 100 cm³/mol. The van der Waals surface area contributed by atoms with Gasteiger partial charge in [0.2, 0.25) is 0 Å². The number of benzene rings is 2. The highest BCUT2D eigenvalue weighted by atomic mass is 35.5. The standard InChI is InChI=1S/C20H22ClNO2/c1-20(2,3)24-19(23)22-13-5-7-15-6-4-8-17(14-15)16-9-11-18(21)12-10-16/h4-12,14H,13H2,1-3H3,(H,22,23). The summed E-state index contributed by atoms with van der Waals surface area (Å²) in [4.78, 5) is 11.6. The van der Waals surface area contributed by atoms with Crippen molar-refractivity contribution in [1.82, 2.24) is 5.32 Å². The maximum atomic E-state index is 11.6. The van der Waals surface area contributed by atoms with E-state index in [-0.39, 0.29) is 0 Å². The minimum atomic E-state index is -0.485. The molecule has 0 bridgehead atoms. The van der Waals surface area contributed by atoms with Gasteiger partial charge in [0.05, 0.1) is 0 Å². The Balaban J connectivity index is 1.94. The molecule has 3 nitrogen and oxygen atoms in total. The molecule has 0 aliphatic rings. The first-order chi connectivity index (χ1) is 11.3. The third-order valence-electron chi connectivity index (χ3n) is 3.14. The molecular formula is C20H22ClNO2. The van der Waals surface area contributed by atoms with Gasteiger partial charge in [-0.1, -0.05) is 54.1 Å². The lowest BCUT2D eigenvalue weighted by atomic mass is 10.0. The molecule has 2 aromatic rings. The zero-order chi connectivity index (χ0) is 17.6. The Morgan fingerprint density at radius 3 is 2.50 bits per heavy atom. The second kappa shape index (κ2) is 8.02. The summed E-state index contributed by atoms with van der Waals surface area (Å²) in [6, 6.07) is 15.9. The van der Waals surface area contributed by atoms with Crippen molar-refractivity contribution in [2.24, 2.45) is 0 Å². The molecule has 0 aromatic heterocycles. The van der Waals surface area contributed by atoms with Crippen LogP contribution in [0.5, 0.6) is 0 Å². The average Bonchev–Trinajstić information content (AvgIpc) is 2.51. The molecule has 24 heavy (non-hydrogen) atoms. The van der Waals surface area contributed by atoms with Crippen LogP contribution in [0.4, 0.5) is 4.79 Å². The topological polar surface area (TPSA) is 38.3 Å². The first-order valence-corrected chi connectivity index (χ1v) is 8.21. The number of nitrogens with one attached hydrogen (secondary N) is 1. The van der Waals surface area contributed by atoms with Crippen LogP contribution in [-0.4, -0.2) is 18.2 Å². The molecule has 0 fully saturated rings. The molecule has 2 rings (SSSR count). The van der Waals surface area contributed by atoms with E-state index in [1.54, 1.807) is 0 Å². The molecule has 0 atom stereocenters. The molecule has 1 amide bonds. The van der Waals surface area contributed by atoms with Crippen LogP contribution in [-0.2, 0) is 4.74 Å². The molecule has 0 aliphatic carbocycles. The smallest absolute Gasteiger partial charge is 0.407 e. The van der Waals surface area contributed by atoms with Crippen molar-refractivity contribution in [1.29, 1.82) is 0 Å². The molecule has 2 aromatic carbocycles. The number of hydrogen-bond donors (Lipinski definition) is 1. The quantitative estimate of drug-likeness (QED) is 0.790. The third kappa shape index (κ3) is 6.09. The van der Waals surface area contributed by atoms with Gasteiger partial charge in [-0.2, -0.15) is 0 Å². The molecule has 0 radical (unpaired) electrons. The highest BCUT2D eigenvalue weighted by Crippen LogP contribution is 2.22. The van der Waals surface area contributed by atoms with Gasteiger partial charge in [0, 0.05) is 11.6 Å². The second-order valence-corrected chi connectivity index (χ2v) is 6.85. The minimum absolute atomic E-state index is 0.415. The van der Waals surface area contributed by atoms with Gasteiger partial charge >= 0.3 is 6.09 Å². The number of carbonyl (C=O) groups excluding carboxylic acids is 1. The summed E-state index contributed by atoms with van der Waals surface area (Å²) < 4.78 is 5.18. The Hall–Kier alpha value is -2.26. The van der Waals surface area contributed by atoms with E-state index in [0.29, 0.717) is 6.54 Å². The lowest BCUT2D eigenvalue weighted by Gasteiger charge is -2.19. The first kappa shape index (κ1) is 18.1.